The SMILES string of the molecule is CC1CCN(Cc2nc(C(=O)NCCc3ccccn3)co2)CC1. The molecular formula is C18H24N4O2. The van der Waals surface area contributed by atoms with E-state index in [0.29, 0.717) is 31.1 Å². The van der Waals surface area contributed by atoms with E-state index in [1.165, 1.54) is 19.1 Å². The van der Waals surface area contributed by atoms with Crippen molar-refractivity contribution in [2.24, 2.45) is 5.92 Å². The molecule has 128 valence electrons. The molecular weight excluding hydrogens is 304 g/mol. The van der Waals surface area contributed by atoms with Crippen LogP contribution in [-0.4, -0.2) is 40.4 Å². The van der Waals surface area contributed by atoms with E-state index in [2.05, 4.69) is 27.1 Å². The van der Waals surface area contributed by atoms with Crippen LogP contribution in [0.2, 0.25) is 0 Å². The molecule has 0 spiro atoms. The van der Waals surface area contributed by atoms with Gasteiger partial charge < -0.3 is 9.73 Å². The molecule has 24 heavy (non-hydrogen) atoms. The first-order chi connectivity index (χ1) is 11.7. The number of carbonyl (C=O) groups excluding carboxylic acids is 1. The summed E-state index contributed by atoms with van der Waals surface area (Å²) in [6.45, 7) is 5.62. The van der Waals surface area contributed by atoms with Crippen LogP contribution >= 0.6 is 0 Å². The van der Waals surface area contributed by atoms with Crippen LogP contribution in [-0.2, 0) is 13.0 Å². The summed E-state index contributed by atoms with van der Waals surface area (Å²) in [5.74, 6) is 1.21. The number of likely N-dealkylation sites (tertiary alicyclic amines) is 1. The van der Waals surface area contributed by atoms with Gasteiger partial charge >= 0.3 is 0 Å². The van der Waals surface area contributed by atoms with Crippen LogP contribution in [0.25, 0.3) is 0 Å². The third-order valence-corrected chi connectivity index (χ3v) is 4.41. The van der Waals surface area contributed by atoms with Crippen molar-refractivity contribution in [1.82, 2.24) is 20.2 Å². The third kappa shape index (κ3) is 4.64. The second kappa shape index (κ2) is 8.06. The molecule has 1 aliphatic heterocycles. The summed E-state index contributed by atoms with van der Waals surface area (Å²) in [6, 6.07) is 5.76. The highest BCUT2D eigenvalue weighted by Crippen LogP contribution is 2.17. The Bertz CT molecular complexity index is 648. The van der Waals surface area contributed by atoms with E-state index < -0.39 is 0 Å². The van der Waals surface area contributed by atoms with E-state index in [1.54, 1.807) is 6.20 Å². The zero-order chi connectivity index (χ0) is 16.8. The lowest BCUT2D eigenvalue weighted by molar-refractivity contribution is 0.0949. The first-order valence-electron chi connectivity index (χ1n) is 8.55. The predicted molar refractivity (Wildman–Crippen MR) is 90.5 cm³/mol. The maximum Gasteiger partial charge on any atom is 0.273 e. The van der Waals surface area contributed by atoms with Gasteiger partial charge in [0.05, 0.1) is 6.54 Å². The lowest BCUT2D eigenvalue weighted by Crippen LogP contribution is -2.32. The quantitative estimate of drug-likeness (QED) is 0.881. The van der Waals surface area contributed by atoms with Gasteiger partial charge in [-0.15, -0.1) is 0 Å². The fraction of sp³-hybridized carbons (Fsp3) is 0.500. The molecule has 1 aliphatic rings. The number of carbonyl (C=O) groups is 1. The predicted octanol–water partition coefficient (Wildman–Crippen LogP) is 2.27. The summed E-state index contributed by atoms with van der Waals surface area (Å²) >= 11 is 0. The second-order valence-corrected chi connectivity index (χ2v) is 6.41. The molecule has 3 heterocycles. The van der Waals surface area contributed by atoms with Gasteiger partial charge in [-0.1, -0.05) is 13.0 Å². The number of rotatable bonds is 6. The first kappa shape index (κ1) is 16.6. The number of hydrogen-bond acceptors (Lipinski definition) is 5. The van der Waals surface area contributed by atoms with Crippen LogP contribution in [0.3, 0.4) is 0 Å². The highest BCUT2D eigenvalue weighted by molar-refractivity contribution is 5.91. The first-order valence-corrected chi connectivity index (χ1v) is 8.55. The van der Waals surface area contributed by atoms with E-state index in [9.17, 15) is 4.79 Å². The van der Waals surface area contributed by atoms with Crippen molar-refractivity contribution in [2.75, 3.05) is 19.6 Å². The van der Waals surface area contributed by atoms with E-state index >= 15 is 0 Å². The monoisotopic (exact) mass is 328 g/mol. The number of aromatic nitrogens is 2. The Hall–Kier alpha value is -2.21. The van der Waals surface area contributed by atoms with Gasteiger partial charge in [-0.3, -0.25) is 14.7 Å². The fourth-order valence-electron chi connectivity index (χ4n) is 2.84. The molecule has 1 saturated heterocycles. The van der Waals surface area contributed by atoms with E-state index in [4.69, 9.17) is 4.42 Å². The van der Waals surface area contributed by atoms with E-state index in [0.717, 1.165) is 24.7 Å². The standard InChI is InChI=1S/C18H24N4O2/c1-14-6-10-22(11-7-14)12-17-21-16(13-24-17)18(23)20-9-5-15-4-2-3-8-19-15/h2-4,8,13-14H,5-7,9-12H2,1H3,(H,20,23). The minimum atomic E-state index is -0.201. The molecule has 6 heteroatoms. The molecule has 1 amide bonds. The molecule has 0 radical (unpaired) electrons. The molecule has 0 unspecified atom stereocenters. The molecule has 0 bridgehead atoms. The largest absolute Gasteiger partial charge is 0.447 e. The number of pyridine rings is 1. The number of hydrogen-bond donors (Lipinski definition) is 1. The van der Waals surface area contributed by atoms with Crippen molar-refractivity contribution in [1.29, 1.82) is 0 Å². The number of amides is 1. The minimum absolute atomic E-state index is 0.201. The molecule has 0 aromatic carbocycles. The Labute approximate surface area is 142 Å². The molecule has 1 N–H and O–H groups in total. The van der Waals surface area contributed by atoms with Crippen LogP contribution < -0.4 is 5.32 Å². The molecule has 1 fully saturated rings. The third-order valence-electron chi connectivity index (χ3n) is 4.41. The Morgan fingerprint density at radius 1 is 1.38 bits per heavy atom. The molecule has 2 aromatic heterocycles. The van der Waals surface area contributed by atoms with Gasteiger partial charge in [-0.2, -0.15) is 0 Å². The van der Waals surface area contributed by atoms with Crippen LogP contribution in [0.1, 0.15) is 41.8 Å². The van der Waals surface area contributed by atoms with Crippen LogP contribution in [0.4, 0.5) is 0 Å². The summed E-state index contributed by atoms with van der Waals surface area (Å²) in [4.78, 5) is 23.0. The van der Waals surface area contributed by atoms with Gasteiger partial charge in [0.1, 0.15) is 6.26 Å². The Balaban J connectivity index is 1.45. The molecule has 3 rings (SSSR count). The Morgan fingerprint density at radius 2 is 2.21 bits per heavy atom. The van der Waals surface area contributed by atoms with E-state index in [-0.39, 0.29) is 5.91 Å². The lowest BCUT2D eigenvalue weighted by Gasteiger charge is -2.28. The summed E-state index contributed by atoms with van der Waals surface area (Å²) in [7, 11) is 0. The number of nitrogens with zero attached hydrogens (tertiary/aromatic N) is 3. The van der Waals surface area contributed by atoms with Gasteiger partial charge in [0.2, 0.25) is 5.89 Å². The van der Waals surface area contributed by atoms with E-state index in [1.807, 2.05) is 18.2 Å². The number of oxazole rings is 1. The van der Waals surface area contributed by atoms with Crippen LogP contribution in [0.5, 0.6) is 0 Å². The number of nitrogens with one attached hydrogen (secondary N) is 1. The normalized spacial score (nSPS) is 16.2. The minimum Gasteiger partial charge on any atom is -0.447 e. The Morgan fingerprint density at radius 3 is 2.96 bits per heavy atom. The smallest absolute Gasteiger partial charge is 0.273 e. The van der Waals surface area contributed by atoms with Crippen LogP contribution in [0, 0.1) is 5.92 Å². The number of piperidine rings is 1. The Kier molecular flexibility index (Phi) is 5.59. The van der Waals surface area contributed by atoms with Gasteiger partial charge in [-0.25, -0.2) is 4.98 Å². The average molecular weight is 328 g/mol. The van der Waals surface area contributed by atoms with Crippen molar-refractivity contribution < 1.29 is 9.21 Å². The maximum absolute atomic E-state index is 12.1. The fourth-order valence-corrected chi connectivity index (χ4v) is 2.84. The maximum atomic E-state index is 12.1. The lowest BCUT2D eigenvalue weighted by atomic mass is 9.99. The summed E-state index contributed by atoms with van der Waals surface area (Å²) < 4.78 is 5.45. The zero-order valence-corrected chi connectivity index (χ0v) is 14.1. The average Bonchev–Trinajstić information content (AvgIpc) is 3.06. The van der Waals surface area contributed by atoms with Crippen molar-refractivity contribution in [3.63, 3.8) is 0 Å². The summed E-state index contributed by atoms with van der Waals surface area (Å²) in [5, 5.41) is 2.86. The van der Waals surface area contributed by atoms with Crippen LogP contribution in [0.15, 0.2) is 35.1 Å². The molecule has 0 saturated carbocycles. The van der Waals surface area contributed by atoms with Crippen molar-refractivity contribution in [3.8, 4) is 0 Å². The molecule has 0 aliphatic carbocycles. The van der Waals surface area contributed by atoms with Gasteiger partial charge in [-0.05, 0) is 44.0 Å². The topological polar surface area (TPSA) is 71.3 Å². The summed E-state index contributed by atoms with van der Waals surface area (Å²) in [5.41, 5.74) is 1.30. The second-order valence-electron chi connectivity index (χ2n) is 6.41. The zero-order valence-electron chi connectivity index (χ0n) is 14.1. The van der Waals surface area contributed by atoms with Gasteiger partial charge in [0.25, 0.3) is 5.91 Å². The van der Waals surface area contributed by atoms with Gasteiger partial charge in [0.15, 0.2) is 5.69 Å². The highest BCUT2D eigenvalue weighted by atomic mass is 16.3. The van der Waals surface area contributed by atoms with Crippen molar-refractivity contribution in [2.45, 2.75) is 32.7 Å². The van der Waals surface area contributed by atoms with Gasteiger partial charge in [0, 0.05) is 24.9 Å². The van der Waals surface area contributed by atoms with Crippen molar-refractivity contribution in [3.05, 3.63) is 47.9 Å². The van der Waals surface area contributed by atoms with Crippen molar-refractivity contribution >= 4 is 5.91 Å². The molecule has 2 aromatic rings. The highest BCUT2D eigenvalue weighted by Gasteiger charge is 2.18. The summed E-state index contributed by atoms with van der Waals surface area (Å²) in [6.07, 6.45) is 6.31. The molecule has 6 nitrogen and oxygen atoms in total. The molecule has 0 atom stereocenters.